The topological polar surface area (TPSA) is 149 Å². The minimum absolute atomic E-state index is 0.156. The Morgan fingerprint density at radius 2 is 0.484 bits per heavy atom. The summed E-state index contributed by atoms with van der Waals surface area (Å²) in [6, 6.07) is 80.7. The highest BCUT2D eigenvalue weighted by atomic mass is 16.5. The summed E-state index contributed by atoms with van der Waals surface area (Å²) in [6.45, 7) is 44.2. The first kappa shape index (κ1) is 111. The lowest BCUT2D eigenvalue weighted by Crippen LogP contribution is -2.19. The molecule has 0 amide bonds. The second-order valence-corrected chi connectivity index (χ2v) is 27.0. The summed E-state index contributed by atoms with van der Waals surface area (Å²) in [5.74, 6) is 5.41. The van der Waals surface area contributed by atoms with E-state index in [1.165, 1.54) is 94.2 Å². The summed E-state index contributed by atoms with van der Waals surface area (Å²) in [7, 11) is 0. The van der Waals surface area contributed by atoms with Crippen molar-refractivity contribution in [3.8, 4) is 23.0 Å². The predicted molar refractivity (Wildman–Crippen MR) is 524 cm³/mol. The predicted octanol–water partition coefficient (Wildman–Crippen LogP) is 28.6. The lowest BCUT2D eigenvalue weighted by Gasteiger charge is -2.15. The van der Waals surface area contributed by atoms with Crippen LogP contribution in [0.5, 0.6) is 23.0 Å². The summed E-state index contributed by atoms with van der Waals surface area (Å²) < 4.78 is 26.5. The molecule has 10 aromatic carbocycles. The molecule has 0 atom stereocenters. The van der Waals surface area contributed by atoms with Gasteiger partial charge in [-0.3, -0.25) is 28.8 Å². The summed E-state index contributed by atoms with van der Waals surface area (Å²) in [5.41, 5.74) is 19.7. The quantitative estimate of drug-likeness (QED) is 0.134. The van der Waals surface area contributed by atoms with Gasteiger partial charge in [0, 0.05) is 74.5 Å². The van der Waals surface area contributed by atoms with Crippen LogP contribution in [-0.2, 0) is 103 Å². The highest BCUT2D eigenvalue weighted by Crippen LogP contribution is 2.29. The fourth-order valence-corrected chi connectivity index (χ4v) is 13.9. The molecule has 5 aliphatic carbocycles. The molecule has 0 saturated heterocycles. The number of fused-ring (bicyclic) bond motifs is 10. The van der Waals surface area contributed by atoms with Crippen molar-refractivity contribution in [3.05, 3.63) is 332 Å². The van der Waals surface area contributed by atoms with Crippen molar-refractivity contribution in [2.75, 3.05) is 33.0 Å². The Morgan fingerprint density at radius 1 is 0.177 bits per heavy atom. The standard InChI is InChI=1S/C11H14.2C10H10O.2C9H8O2.C9H10O.C9H8O.C9H10O.C9H8O.C8H8O.10C2H6/c1-2-6-10-8-4-5-9-11(10)7-3-1;11-10-7-3-5-8-4-1-2-6-9(8)10;11-10-6-5-8-3-1-2-4-9(8)7-10;10-8-5-7-3-1-2-4-9(7)11-6-8;10-8-5-6-11-9-4-2-1-3-7(8)9;1-2-6-9-8(4-1)5-3-7-10-9;10-9-5-7-3-1-2-4-8(7)6-9;1-2-4-9-7-10-6-5-8(9)3-1;10-9-6-5-7-3-1-2-4-8(7)9;1-2-4-8-7(3-1)5-6-9-8;10*1-2/h4-5,8-9H,1-3,6-7H2;1-2,4,6H,3,5,7H2;1-4H,5-7H2;2*1-4H,5-6H2;1-2,4,6H,3,5,7H2;1-4H,5-6H2;1-4H,5-7H2;1-4H,5-6H2;1-4H,5-6H2;10*1-2H3. The van der Waals surface area contributed by atoms with E-state index in [1.54, 1.807) is 17.2 Å². The van der Waals surface area contributed by atoms with Crippen molar-refractivity contribution in [1.29, 1.82) is 0 Å². The Balaban J connectivity index is 0.000000673. The molecular weight excluding hydrogens is 1530 g/mol. The van der Waals surface area contributed by atoms with Gasteiger partial charge in [-0.1, -0.05) is 357 Å². The van der Waals surface area contributed by atoms with Crippen LogP contribution < -0.4 is 18.9 Å². The molecule has 5 heterocycles. The molecule has 0 N–H and O–H groups in total. The Labute approximate surface area is 750 Å². The zero-order chi connectivity index (χ0) is 91.9. The van der Waals surface area contributed by atoms with E-state index in [0.717, 1.165) is 129 Å². The summed E-state index contributed by atoms with van der Waals surface area (Å²) >= 11 is 0. The van der Waals surface area contributed by atoms with Gasteiger partial charge in [-0.15, -0.1) is 0 Å². The first-order valence-corrected chi connectivity index (χ1v) is 47.1. The Morgan fingerprint density at radius 3 is 0.960 bits per heavy atom. The second-order valence-electron chi connectivity index (χ2n) is 27.0. The van der Waals surface area contributed by atoms with Crippen LogP contribution >= 0.6 is 0 Å². The normalized spacial score (nSPS) is 13.7. The van der Waals surface area contributed by atoms with Crippen LogP contribution in [0.3, 0.4) is 0 Å². The van der Waals surface area contributed by atoms with Crippen LogP contribution in [0.2, 0.25) is 0 Å². The Kier molecular flexibility index (Phi) is 64.5. The maximum Gasteiger partial charge on any atom is 0.174 e. The number of rotatable bonds is 0. The maximum absolute atomic E-state index is 11.3. The van der Waals surface area contributed by atoms with E-state index in [1.807, 2.05) is 302 Å². The summed E-state index contributed by atoms with van der Waals surface area (Å²) in [4.78, 5) is 66.4. The number of carbonyl (C=O) groups is 6. The Bertz CT molecular complexity index is 4230. The van der Waals surface area contributed by atoms with Crippen LogP contribution in [0.1, 0.15) is 300 Å². The van der Waals surface area contributed by atoms with E-state index in [0.29, 0.717) is 68.3 Å². The van der Waals surface area contributed by atoms with Crippen molar-refractivity contribution in [1.82, 2.24) is 0 Å². The number of benzene rings is 10. The van der Waals surface area contributed by atoms with Gasteiger partial charge in [0.1, 0.15) is 41.2 Å². The van der Waals surface area contributed by atoms with E-state index < -0.39 is 0 Å². The molecule has 124 heavy (non-hydrogen) atoms. The largest absolute Gasteiger partial charge is 0.493 e. The van der Waals surface area contributed by atoms with Gasteiger partial charge in [-0.25, -0.2) is 0 Å². The number of hydrogen-bond donors (Lipinski definition) is 0. The van der Waals surface area contributed by atoms with Crippen LogP contribution in [-0.4, -0.2) is 67.7 Å². The number of Topliss-reactive ketones (excluding diaryl/α,β-unsaturated/α-hetero) is 6. The van der Waals surface area contributed by atoms with Gasteiger partial charge < -0.3 is 23.7 Å². The van der Waals surface area contributed by atoms with Gasteiger partial charge in [-0.05, 0) is 168 Å². The minimum atomic E-state index is 0.156. The van der Waals surface area contributed by atoms with Crippen molar-refractivity contribution < 1.29 is 52.5 Å². The zero-order valence-corrected chi connectivity index (χ0v) is 79.7. The molecule has 20 rings (SSSR count). The SMILES string of the molecule is CC.CC.CC.CC.CC.CC.CC.CC.CC.CC.O=C1CCCc2ccccc21.O=C1CCOc2ccccc21.O=C1CCc2ccccc21.O=C1CCc2ccccc2C1.O=C1COc2ccccc2C1.O=C1Cc2ccccc2C1.c1ccc2c(c1)CCCCC2.c1ccc2c(c1)CCCO2.c1ccc2c(c1)CCO2.c1ccc2c(c1)CCOC2. The third-order valence-corrected chi connectivity index (χ3v) is 19.5. The maximum atomic E-state index is 11.3. The number of para-hydroxylation sites is 4. The van der Waals surface area contributed by atoms with E-state index >= 15 is 0 Å². The molecule has 0 radical (unpaired) electrons. The molecular formula is C113H154O11. The van der Waals surface area contributed by atoms with Crippen LogP contribution in [0.4, 0.5) is 0 Å². The molecule has 0 spiro atoms. The van der Waals surface area contributed by atoms with Gasteiger partial charge in [0.2, 0.25) is 0 Å². The monoisotopic (exact) mass is 1690 g/mol. The molecule has 11 heteroatoms. The average Bonchev–Trinajstić information content (AvgIpc) is 1.81. The van der Waals surface area contributed by atoms with Gasteiger partial charge in [0.15, 0.2) is 23.1 Å². The van der Waals surface area contributed by atoms with Crippen molar-refractivity contribution >= 4 is 34.7 Å². The summed E-state index contributed by atoms with van der Waals surface area (Å²) in [5, 5.41) is 0. The molecule has 672 valence electrons. The lowest BCUT2D eigenvalue weighted by atomic mass is 9.91. The molecule has 0 saturated carbocycles. The van der Waals surface area contributed by atoms with Crippen molar-refractivity contribution in [2.24, 2.45) is 0 Å². The van der Waals surface area contributed by atoms with Crippen LogP contribution in [0.15, 0.2) is 243 Å². The second kappa shape index (κ2) is 71.8. The molecule has 0 fully saturated rings. The molecule has 0 aromatic heterocycles. The molecule has 5 aliphatic heterocycles. The minimum Gasteiger partial charge on any atom is -0.493 e. The van der Waals surface area contributed by atoms with Gasteiger partial charge in [0.05, 0.1) is 38.6 Å². The molecule has 10 aliphatic rings. The van der Waals surface area contributed by atoms with E-state index in [4.69, 9.17) is 23.7 Å². The molecule has 0 bridgehead atoms. The van der Waals surface area contributed by atoms with E-state index in [-0.39, 0.29) is 18.2 Å². The van der Waals surface area contributed by atoms with E-state index in [2.05, 4.69) is 72.8 Å². The zero-order valence-electron chi connectivity index (χ0n) is 79.7. The van der Waals surface area contributed by atoms with Crippen LogP contribution in [0, 0.1) is 0 Å². The number of hydrogen-bond acceptors (Lipinski definition) is 11. The van der Waals surface area contributed by atoms with Gasteiger partial charge >= 0.3 is 0 Å². The van der Waals surface area contributed by atoms with Crippen molar-refractivity contribution in [3.63, 3.8) is 0 Å². The third-order valence-electron chi connectivity index (χ3n) is 19.5. The number of carbonyl (C=O) groups excluding carboxylic acids is 6. The van der Waals surface area contributed by atoms with Crippen molar-refractivity contribution in [2.45, 2.75) is 280 Å². The Hall–Kier alpha value is -10.6. The molecule has 10 aromatic rings. The molecule has 0 unspecified atom stereocenters. The summed E-state index contributed by atoms with van der Waals surface area (Å²) in [6.07, 6.45) is 20.4. The van der Waals surface area contributed by atoms with Gasteiger partial charge in [-0.2, -0.15) is 0 Å². The number of ketones is 6. The first-order chi connectivity index (χ1) is 61.1. The van der Waals surface area contributed by atoms with E-state index in [9.17, 15) is 28.8 Å². The lowest BCUT2D eigenvalue weighted by molar-refractivity contribution is -0.121. The molecule has 11 nitrogen and oxygen atoms in total. The highest BCUT2D eigenvalue weighted by Gasteiger charge is 2.21. The van der Waals surface area contributed by atoms with Gasteiger partial charge in [0.25, 0.3) is 0 Å². The highest BCUT2D eigenvalue weighted by molar-refractivity contribution is 6.01. The fourth-order valence-electron chi connectivity index (χ4n) is 13.9. The third kappa shape index (κ3) is 40.8. The average molecular weight is 1690 g/mol. The fraction of sp³-hybridized carbons (Fsp3) is 0.416. The number of aryl methyl sites for hydroxylation is 6. The van der Waals surface area contributed by atoms with Crippen LogP contribution in [0.25, 0.3) is 0 Å². The smallest absolute Gasteiger partial charge is 0.174 e. The number of ether oxygens (including phenoxy) is 5. The first-order valence-electron chi connectivity index (χ1n) is 47.1.